The van der Waals surface area contributed by atoms with Crippen molar-refractivity contribution in [3.63, 3.8) is 0 Å². The van der Waals surface area contributed by atoms with Gasteiger partial charge in [0.2, 0.25) is 0 Å². The summed E-state index contributed by atoms with van der Waals surface area (Å²) in [6.07, 6.45) is 0.584. The predicted octanol–water partition coefficient (Wildman–Crippen LogP) is 2.55. The molecule has 0 aromatic heterocycles. The smallest absolute Gasteiger partial charge is 0.179 e. The molecule has 25 heavy (non-hydrogen) atoms. The summed E-state index contributed by atoms with van der Waals surface area (Å²) in [6.45, 7) is 4.63. The number of Topliss-reactive ketones (excluding diaryl/α,β-unsaturated/α-hetero) is 1. The molecule has 4 nitrogen and oxygen atoms in total. The number of carbonyl (C=O) groups excluding carboxylic acids is 1. The molecule has 1 fully saturated rings. The SMILES string of the molecule is NC(CCN1CCN(c2ccccc2)CC1)C(=O)c1cccc(F)c1. The molecule has 1 aliphatic heterocycles. The monoisotopic (exact) mass is 341 g/mol. The number of carbonyl (C=O) groups is 1. The minimum atomic E-state index is -0.589. The van der Waals surface area contributed by atoms with Crippen molar-refractivity contribution in [2.24, 2.45) is 5.73 Å². The van der Waals surface area contributed by atoms with Crippen LogP contribution < -0.4 is 10.6 Å². The summed E-state index contributed by atoms with van der Waals surface area (Å²) in [7, 11) is 0. The number of rotatable bonds is 6. The van der Waals surface area contributed by atoms with E-state index in [0.29, 0.717) is 12.0 Å². The first-order valence-electron chi connectivity index (χ1n) is 8.71. The van der Waals surface area contributed by atoms with E-state index in [1.54, 1.807) is 6.07 Å². The Labute approximate surface area is 148 Å². The number of benzene rings is 2. The largest absolute Gasteiger partial charge is 0.369 e. The van der Waals surface area contributed by atoms with E-state index in [1.807, 2.05) is 6.07 Å². The van der Waals surface area contributed by atoms with Crippen LogP contribution in [0.3, 0.4) is 0 Å². The summed E-state index contributed by atoms with van der Waals surface area (Å²) in [6, 6.07) is 15.5. The first kappa shape index (κ1) is 17.6. The molecular weight excluding hydrogens is 317 g/mol. The van der Waals surface area contributed by atoms with Gasteiger partial charge in [0.15, 0.2) is 5.78 Å². The van der Waals surface area contributed by atoms with Crippen LogP contribution in [0.25, 0.3) is 0 Å². The van der Waals surface area contributed by atoms with Gasteiger partial charge < -0.3 is 10.6 Å². The third-order valence-corrected chi connectivity index (χ3v) is 4.70. The summed E-state index contributed by atoms with van der Waals surface area (Å²) in [5, 5.41) is 0. The molecule has 3 rings (SSSR count). The van der Waals surface area contributed by atoms with Crippen LogP contribution in [0.2, 0.25) is 0 Å². The molecule has 2 aromatic rings. The Balaban J connectivity index is 1.46. The van der Waals surface area contributed by atoms with Crippen molar-refractivity contribution in [2.75, 3.05) is 37.6 Å². The van der Waals surface area contributed by atoms with Gasteiger partial charge in [-0.15, -0.1) is 0 Å². The van der Waals surface area contributed by atoms with Gasteiger partial charge in [-0.1, -0.05) is 30.3 Å². The normalized spacial score (nSPS) is 16.6. The molecule has 1 heterocycles. The summed E-state index contributed by atoms with van der Waals surface area (Å²) >= 11 is 0. The summed E-state index contributed by atoms with van der Waals surface area (Å²) in [4.78, 5) is 17.0. The maximum Gasteiger partial charge on any atom is 0.179 e. The van der Waals surface area contributed by atoms with Crippen LogP contribution in [0.4, 0.5) is 10.1 Å². The maximum absolute atomic E-state index is 13.2. The standard InChI is InChI=1S/C20H24FN3O/c21-17-6-4-5-16(15-17)20(25)19(22)9-10-23-11-13-24(14-12-23)18-7-2-1-3-8-18/h1-8,15,19H,9-14,22H2. The lowest BCUT2D eigenvalue weighted by molar-refractivity contribution is 0.0949. The summed E-state index contributed by atoms with van der Waals surface area (Å²) in [5.74, 6) is -0.600. The molecule has 0 aliphatic carbocycles. The predicted molar refractivity (Wildman–Crippen MR) is 98.4 cm³/mol. The van der Waals surface area contributed by atoms with Crippen LogP contribution in [0.5, 0.6) is 0 Å². The van der Waals surface area contributed by atoms with E-state index in [0.717, 1.165) is 32.7 Å². The number of halogens is 1. The van der Waals surface area contributed by atoms with Crippen molar-refractivity contribution >= 4 is 11.5 Å². The third kappa shape index (κ3) is 4.65. The average Bonchev–Trinajstić information content (AvgIpc) is 2.66. The van der Waals surface area contributed by atoms with Gasteiger partial charge in [-0.3, -0.25) is 9.69 Å². The van der Waals surface area contributed by atoms with Crippen LogP contribution in [0.1, 0.15) is 16.8 Å². The van der Waals surface area contributed by atoms with Gasteiger partial charge in [0, 0.05) is 44.0 Å². The number of nitrogens with zero attached hydrogens (tertiary/aromatic N) is 2. The minimum absolute atomic E-state index is 0.192. The Bertz CT molecular complexity index is 699. The van der Waals surface area contributed by atoms with Gasteiger partial charge in [-0.2, -0.15) is 0 Å². The van der Waals surface area contributed by atoms with E-state index in [2.05, 4.69) is 34.1 Å². The molecule has 0 radical (unpaired) electrons. The van der Waals surface area contributed by atoms with Crippen LogP contribution in [-0.2, 0) is 0 Å². The van der Waals surface area contributed by atoms with Gasteiger partial charge in [0.25, 0.3) is 0 Å². The van der Waals surface area contributed by atoms with Crippen molar-refractivity contribution in [3.05, 3.63) is 66.0 Å². The Hall–Kier alpha value is -2.24. The molecule has 2 aromatic carbocycles. The quantitative estimate of drug-likeness (QED) is 0.821. The fourth-order valence-corrected chi connectivity index (χ4v) is 3.18. The summed E-state index contributed by atoms with van der Waals surface area (Å²) in [5.41, 5.74) is 7.62. The van der Waals surface area contributed by atoms with Gasteiger partial charge in [0.05, 0.1) is 6.04 Å². The van der Waals surface area contributed by atoms with Crippen LogP contribution in [0.15, 0.2) is 54.6 Å². The molecular formula is C20H24FN3O. The van der Waals surface area contributed by atoms with Crippen molar-refractivity contribution in [1.82, 2.24) is 4.90 Å². The second-order valence-electron chi connectivity index (χ2n) is 6.43. The highest BCUT2D eigenvalue weighted by atomic mass is 19.1. The van der Waals surface area contributed by atoms with E-state index in [1.165, 1.54) is 23.9 Å². The first-order chi connectivity index (χ1) is 12.1. The van der Waals surface area contributed by atoms with Crippen LogP contribution in [-0.4, -0.2) is 49.4 Å². The van der Waals surface area contributed by atoms with E-state index < -0.39 is 11.9 Å². The highest BCUT2D eigenvalue weighted by molar-refractivity contribution is 5.99. The van der Waals surface area contributed by atoms with Crippen molar-refractivity contribution in [3.8, 4) is 0 Å². The van der Waals surface area contributed by atoms with Crippen molar-refractivity contribution in [2.45, 2.75) is 12.5 Å². The van der Waals surface area contributed by atoms with Crippen molar-refractivity contribution in [1.29, 1.82) is 0 Å². The molecule has 0 bridgehead atoms. The molecule has 5 heteroatoms. The number of hydrogen-bond acceptors (Lipinski definition) is 4. The average molecular weight is 341 g/mol. The Kier molecular flexibility index (Phi) is 5.79. The van der Waals surface area contributed by atoms with Gasteiger partial charge in [-0.25, -0.2) is 4.39 Å². The zero-order chi connectivity index (χ0) is 17.6. The third-order valence-electron chi connectivity index (χ3n) is 4.70. The minimum Gasteiger partial charge on any atom is -0.369 e. The molecule has 1 unspecified atom stereocenters. The Morgan fingerprint density at radius 2 is 1.76 bits per heavy atom. The molecule has 1 aliphatic rings. The molecule has 0 saturated carbocycles. The maximum atomic E-state index is 13.2. The number of anilines is 1. The molecule has 0 spiro atoms. The lowest BCUT2D eigenvalue weighted by Crippen LogP contribution is -2.47. The van der Waals surface area contributed by atoms with Crippen LogP contribution in [0, 0.1) is 5.82 Å². The first-order valence-corrected chi connectivity index (χ1v) is 8.71. The number of para-hydroxylation sites is 1. The Morgan fingerprint density at radius 1 is 1.04 bits per heavy atom. The zero-order valence-corrected chi connectivity index (χ0v) is 14.3. The molecule has 2 N–H and O–H groups in total. The zero-order valence-electron chi connectivity index (χ0n) is 14.3. The topological polar surface area (TPSA) is 49.6 Å². The molecule has 0 amide bonds. The second-order valence-corrected chi connectivity index (χ2v) is 6.43. The lowest BCUT2D eigenvalue weighted by atomic mass is 10.0. The van der Waals surface area contributed by atoms with Gasteiger partial charge >= 0.3 is 0 Å². The highest BCUT2D eigenvalue weighted by Crippen LogP contribution is 2.16. The Morgan fingerprint density at radius 3 is 2.44 bits per heavy atom. The number of ketones is 1. The van der Waals surface area contributed by atoms with E-state index in [4.69, 9.17) is 5.73 Å². The van der Waals surface area contributed by atoms with Gasteiger partial charge in [0.1, 0.15) is 5.82 Å². The molecule has 132 valence electrons. The number of hydrogen-bond donors (Lipinski definition) is 1. The lowest BCUT2D eigenvalue weighted by Gasteiger charge is -2.36. The van der Waals surface area contributed by atoms with E-state index >= 15 is 0 Å². The molecule has 1 saturated heterocycles. The van der Waals surface area contributed by atoms with Crippen molar-refractivity contribution < 1.29 is 9.18 Å². The van der Waals surface area contributed by atoms with E-state index in [-0.39, 0.29) is 5.78 Å². The van der Waals surface area contributed by atoms with Gasteiger partial charge in [-0.05, 0) is 30.7 Å². The number of piperazine rings is 1. The number of nitrogens with two attached hydrogens (primary N) is 1. The van der Waals surface area contributed by atoms with Crippen LogP contribution >= 0.6 is 0 Å². The van der Waals surface area contributed by atoms with E-state index in [9.17, 15) is 9.18 Å². The fraction of sp³-hybridized carbons (Fsp3) is 0.350. The molecule has 1 atom stereocenters. The highest BCUT2D eigenvalue weighted by Gasteiger charge is 2.20. The summed E-state index contributed by atoms with van der Waals surface area (Å²) < 4.78 is 13.2. The fourth-order valence-electron chi connectivity index (χ4n) is 3.18. The second kappa shape index (κ2) is 8.23.